The predicted octanol–water partition coefficient (Wildman–Crippen LogP) is 6.43. The molecule has 0 aliphatic carbocycles. The molecule has 5 heteroatoms. The molecule has 0 fully saturated rings. The van der Waals surface area contributed by atoms with E-state index in [1.54, 1.807) is 16.2 Å². The molecule has 3 aromatic rings. The highest BCUT2D eigenvalue weighted by Crippen LogP contribution is 2.23. The van der Waals surface area contributed by atoms with Gasteiger partial charge in [-0.3, -0.25) is 9.59 Å². The number of benzene rings is 2. The highest BCUT2D eigenvalue weighted by atomic mass is 32.1. The van der Waals surface area contributed by atoms with Crippen molar-refractivity contribution in [2.45, 2.75) is 66.1 Å². The average molecular weight is 477 g/mol. The first-order valence-electron chi connectivity index (χ1n) is 11.8. The zero-order valence-corrected chi connectivity index (χ0v) is 22.0. The summed E-state index contributed by atoms with van der Waals surface area (Å²) in [5, 5.41) is 2.06. The molecule has 180 valence electrons. The first kappa shape index (κ1) is 25.7. The number of hydrogen-bond acceptors (Lipinski definition) is 3. The summed E-state index contributed by atoms with van der Waals surface area (Å²) in [7, 11) is 0. The van der Waals surface area contributed by atoms with Gasteiger partial charge in [0.2, 0.25) is 5.91 Å². The van der Waals surface area contributed by atoms with Gasteiger partial charge in [-0.1, -0.05) is 63.2 Å². The summed E-state index contributed by atoms with van der Waals surface area (Å²) >= 11 is 1.66. The number of amides is 2. The molecule has 0 aliphatic rings. The molecule has 2 aromatic carbocycles. The number of aryl methyl sites for hydroxylation is 1. The molecule has 0 N–H and O–H groups in total. The van der Waals surface area contributed by atoms with Gasteiger partial charge in [0.1, 0.15) is 6.54 Å². The van der Waals surface area contributed by atoms with Crippen molar-refractivity contribution in [2.24, 2.45) is 0 Å². The minimum atomic E-state index is -0.115. The van der Waals surface area contributed by atoms with Crippen LogP contribution in [0.1, 0.15) is 66.5 Å². The van der Waals surface area contributed by atoms with E-state index in [0.29, 0.717) is 18.7 Å². The largest absolute Gasteiger partial charge is 0.332 e. The molecule has 34 heavy (non-hydrogen) atoms. The maximum absolute atomic E-state index is 13.6. The Labute approximate surface area is 208 Å². The fourth-order valence-electron chi connectivity index (χ4n) is 3.79. The third-order valence-electron chi connectivity index (χ3n) is 6.06. The Morgan fingerprint density at radius 2 is 1.56 bits per heavy atom. The van der Waals surface area contributed by atoms with E-state index >= 15 is 0 Å². The summed E-state index contributed by atoms with van der Waals surface area (Å²) in [4.78, 5) is 31.7. The molecular formula is C29H36N2O2S. The van der Waals surface area contributed by atoms with Gasteiger partial charge in [-0.05, 0) is 66.5 Å². The van der Waals surface area contributed by atoms with Gasteiger partial charge in [-0.15, -0.1) is 11.3 Å². The van der Waals surface area contributed by atoms with Gasteiger partial charge < -0.3 is 9.80 Å². The minimum absolute atomic E-state index is 0.0210. The van der Waals surface area contributed by atoms with Crippen LogP contribution in [0.3, 0.4) is 0 Å². The molecule has 0 saturated carbocycles. The highest BCUT2D eigenvalue weighted by molar-refractivity contribution is 7.10. The third-order valence-corrected chi connectivity index (χ3v) is 7.07. The molecule has 1 aromatic heterocycles. The molecule has 0 aliphatic heterocycles. The zero-order chi connectivity index (χ0) is 24.9. The van der Waals surface area contributed by atoms with Crippen LogP contribution in [0.25, 0.3) is 0 Å². The van der Waals surface area contributed by atoms with Gasteiger partial charge >= 0.3 is 0 Å². The Morgan fingerprint density at radius 1 is 0.912 bits per heavy atom. The lowest BCUT2D eigenvalue weighted by Crippen LogP contribution is -2.45. The van der Waals surface area contributed by atoms with Gasteiger partial charge in [0, 0.05) is 23.0 Å². The second-order valence-corrected chi connectivity index (χ2v) is 11.1. The Morgan fingerprint density at radius 3 is 2.09 bits per heavy atom. The molecule has 2 amide bonds. The Kier molecular flexibility index (Phi) is 8.32. The van der Waals surface area contributed by atoms with E-state index in [-0.39, 0.29) is 29.8 Å². The molecular weight excluding hydrogens is 440 g/mol. The van der Waals surface area contributed by atoms with Crippen LogP contribution in [0.5, 0.6) is 0 Å². The molecule has 0 radical (unpaired) electrons. The van der Waals surface area contributed by atoms with Crippen molar-refractivity contribution in [1.82, 2.24) is 9.80 Å². The molecule has 0 unspecified atom stereocenters. The van der Waals surface area contributed by atoms with E-state index in [1.807, 2.05) is 73.3 Å². The molecule has 1 heterocycles. The van der Waals surface area contributed by atoms with Crippen molar-refractivity contribution in [2.75, 3.05) is 6.54 Å². The number of nitrogens with zero attached hydrogens (tertiary/aromatic N) is 2. The number of hydrogen-bond donors (Lipinski definition) is 0. The van der Waals surface area contributed by atoms with E-state index in [0.717, 1.165) is 5.56 Å². The van der Waals surface area contributed by atoms with Crippen LogP contribution < -0.4 is 0 Å². The first-order chi connectivity index (χ1) is 16.1. The Hall–Kier alpha value is -2.92. The van der Waals surface area contributed by atoms with Crippen LogP contribution in [0.4, 0.5) is 0 Å². The summed E-state index contributed by atoms with van der Waals surface area (Å²) < 4.78 is 0. The SMILES string of the molecule is Cc1ccsc1CN(Cc1ccccc1)C(=O)CN(C(=O)c1ccc(C(C)(C)C)cc1)C(C)C. The normalized spacial score (nSPS) is 11.5. The predicted molar refractivity (Wildman–Crippen MR) is 141 cm³/mol. The lowest BCUT2D eigenvalue weighted by Gasteiger charge is -2.30. The Balaban J connectivity index is 1.81. The quantitative estimate of drug-likeness (QED) is 0.376. The van der Waals surface area contributed by atoms with Gasteiger partial charge in [0.15, 0.2) is 0 Å². The van der Waals surface area contributed by atoms with Crippen molar-refractivity contribution in [3.05, 3.63) is 93.2 Å². The van der Waals surface area contributed by atoms with Gasteiger partial charge in [-0.2, -0.15) is 0 Å². The van der Waals surface area contributed by atoms with Crippen molar-refractivity contribution in [3.63, 3.8) is 0 Å². The standard InChI is InChI=1S/C29H36N2O2S/c1-21(2)31(28(33)24-12-14-25(15-13-24)29(4,5)6)20-27(32)30(18-23-10-8-7-9-11-23)19-26-22(3)16-17-34-26/h7-17,21H,18-20H2,1-6H3. The highest BCUT2D eigenvalue weighted by Gasteiger charge is 2.25. The smallest absolute Gasteiger partial charge is 0.254 e. The summed E-state index contributed by atoms with van der Waals surface area (Å²) in [5.74, 6) is -0.166. The molecule has 3 rings (SSSR count). The molecule has 0 bridgehead atoms. The van der Waals surface area contributed by atoms with Crippen LogP contribution in [0, 0.1) is 6.92 Å². The molecule has 4 nitrogen and oxygen atoms in total. The summed E-state index contributed by atoms with van der Waals surface area (Å²) in [6.07, 6.45) is 0. The second kappa shape index (κ2) is 11.0. The topological polar surface area (TPSA) is 40.6 Å². The molecule has 0 spiro atoms. The third kappa shape index (κ3) is 6.57. The van der Waals surface area contributed by atoms with Crippen molar-refractivity contribution >= 4 is 23.2 Å². The van der Waals surface area contributed by atoms with E-state index in [4.69, 9.17) is 0 Å². The summed E-state index contributed by atoms with van der Waals surface area (Å²) in [5.41, 5.74) is 4.07. The van der Waals surface area contributed by atoms with Crippen LogP contribution in [0.15, 0.2) is 66.0 Å². The van der Waals surface area contributed by atoms with Gasteiger partial charge in [0.25, 0.3) is 5.91 Å². The lowest BCUT2D eigenvalue weighted by molar-refractivity contribution is -0.133. The lowest BCUT2D eigenvalue weighted by atomic mass is 9.86. The van der Waals surface area contributed by atoms with Crippen LogP contribution in [-0.2, 0) is 23.3 Å². The van der Waals surface area contributed by atoms with Gasteiger partial charge in [0.05, 0.1) is 6.54 Å². The number of thiophene rings is 1. The van der Waals surface area contributed by atoms with Crippen molar-refractivity contribution < 1.29 is 9.59 Å². The van der Waals surface area contributed by atoms with Crippen molar-refractivity contribution in [3.8, 4) is 0 Å². The van der Waals surface area contributed by atoms with E-state index < -0.39 is 0 Å². The molecule has 0 saturated heterocycles. The van der Waals surface area contributed by atoms with Crippen LogP contribution >= 0.6 is 11.3 Å². The fraction of sp³-hybridized carbons (Fsp3) is 0.379. The maximum atomic E-state index is 13.6. The van der Waals surface area contributed by atoms with E-state index in [9.17, 15) is 9.59 Å². The van der Waals surface area contributed by atoms with Gasteiger partial charge in [-0.25, -0.2) is 0 Å². The average Bonchev–Trinajstić information content (AvgIpc) is 3.20. The monoisotopic (exact) mass is 476 g/mol. The second-order valence-electron chi connectivity index (χ2n) is 10.1. The minimum Gasteiger partial charge on any atom is -0.332 e. The number of rotatable bonds is 8. The first-order valence-corrected chi connectivity index (χ1v) is 12.7. The summed E-state index contributed by atoms with van der Waals surface area (Å²) in [6.45, 7) is 13.5. The van der Waals surface area contributed by atoms with Crippen LogP contribution in [0.2, 0.25) is 0 Å². The van der Waals surface area contributed by atoms with Crippen molar-refractivity contribution in [1.29, 1.82) is 0 Å². The number of carbonyl (C=O) groups is 2. The van der Waals surface area contributed by atoms with E-state index in [2.05, 4.69) is 39.1 Å². The maximum Gasteiger partial charge on any atom is 0.254 e. The fourth-order valence-corrected chi connectivity index (χ4v) is 4.71. The summed E-state index contributed by atoms with van der Waals surface area (Å²) in [6, 6.07) is 19.8. The molecule has 0 atom stereocenters. The van der Waals surface area contributed by atoms with Crippen LogP contribution in [-0.4, -0.2) is 34.2 Å². The Bertz CT molecular complexity index is 1100. The number of carbonyl (C=O) groups excluding carboxylic acids is 2. The zero-order valence-electron chi connectivity index (χ0n) is 21.2. The van der Waals surface area contributed by atoms with E-state index in [1.165, 1.54) is 16.0 Å².